The number of nitrogens with zero attached hydrogens (tertiary/aromatic N) is 9. The van der Waals surface area contributed by atoms with Crippen molar-refractivity contribution >= 4 is 40.0 Å². The number of hydrogen-bond donors (Lipinski definition) is 0. The topological polar surface area (TPSA) is 136 Å². The van der Waals surface area contributed by atoms with E-state index in [2.05, 4.69) is 106 Å². The molecule has 1 saturated heterocycles. The van der Waals surface area contributed by atoms with Crippen LogP contribution in [0.25, 0.3) is 21.6 Å². The molecule has 0 radical (unpaired) electrons. The van der Waals surface area contributed by atoms with Crippen molar-refractivity contribution in [1.82, 2.24) is 24.4 Å². The van der Waals surface area contributed by atoms with E-state index in [9.17, 15) is 5.53 Å². The number of ether oxygens (including phenoxy) is 1. The van der Waals surface area contributed by atoms with Crippen LogP contribution in [0, 0.1) is 0 Å². The Bertz CT molecular complexity index is 1320. The Kier molecular flexibility index (Phi) is 12.4. The third-order valence-electron chi connectivity index (χ3n) is 9.70. The van der Waals surface area contributed by atoms with Gasteiger partial charge in [0.05, 0.1) is 31.4 Å². The van der Waals surface area contributed by atoms with Gasteiger partial charge >= 0.3 is 0 Å². The van der Waals surface area contributed by atoms with Gasteiger partial charge in [-0.2, -0.15) is 0 Å². The van der Waals surface area contributed by atoms with Crippen molar-refractivity contribution in [3.63, 3.8) is 0 Å². The number of aromatic nitrogens is 4. The lowest BCUT2D eigenvalue weighted by molar-refractivity contribution is -0.0445. The first-order valence-electron chi connectivity index (χ1n) is 16.4. The van der Waals surface area contributed by atoms with Gasteiger partial charge in [0.1, 0.15) is 12.4 Å². The number of aliphatic imine (C=N–C) groups is 1. The van der Waals surface area contributed by atoms with Crippen molar-refractivity contribution in [3.05, 3.63) is 23.1 Å². The molecule has 1 aliphatic heterocycles. The number of fused-ring (bicyclic) bond motifs is 1. The van der Waals surface area contributed by atoms with E-state index < -0.39 is 41.1 Å². The monoisotopic (exact) mass is 659 g/mol. The minimum absolute atomic E-state index is 0.0209. The normalized spacial score (nSPS) is 21.5. The Hall–Kier alpha value is -2.36. The predicted octanol–water partition coefficient (Wildman–Crippen LogP) is 8.38. The lowest BCUT2D eigenvalue weighted by Crippen LogP contribution is -2.49. The van der Waals surface area contributed by atoms with E-state index in [1.54, 1.807) is 6.33 Å². The third-order valence-corrected chi connectivity index (χ3v) is 18.7. The van der Waals surface area contributed by atoms with Gasteiger partial charge in [-0.05, 0) is 54.6 Å². The summed E-state index contributed by atoms with van der Waals surface area (Å²) >= 11 is 0. The Morgan fingerprint density at radius 2 is 1.62 bits per heavy atom. The fraction of sp³-hybridized carbons (Fsp3) is 0.806. The zero-order valence-corrected chi connectivity index (χ0v) is 31.7. The van der Waals surface area contributed by atoms with Gasteiger partial charge in [0.25, 0.3) is 0 Å². The molecule has 14 heteroatoms. The van der Waals surface area contributed by atoms with Crippen molar-refractivity contribution in [1.29, 1.82) is 0 Å². The Morgan fingerprint density at radius 3 is 2.18 bits per heavy atom. The van der Waals surface area contributed by atoms with Gasteiger partial charge in [0.2, 0.25) is 0 Å². The van der Waals surface area contributed by atoms with Crippen LogP contribution in [0.15, 0.2) is 22.8 Å². The molecule has 0 bridgehead atoms. The van der Waals surface area contributed by atoms with Gasteiger partial charge < -0.3 is 18.5 Å². The summed E-state index contributed by atoms with van der Waals surface area (Å²) in [6, 6.07) is -0.596. The molecule has 3 rings (SSSR count). The first kappa shape index (κ1) is 37.1. The number of rotatable bonds is 15. The van der Waals surface area contributed by atoms with Gasteiger partial charge in [-0.1, -0.05) is 73.3 Å². The third kappa shape index (κ3) is 8.92. The van der Waals surface area contributed by atoms with Crippen LogP contribution < -0.4 is 0 Å². The van der Waals surface area contributed by atoms with Gasteiger partial charge in [0.15, 0.2) is 39.8 Å². The molecule has 0 aromatic carbocycles. The van der Waals surface area contributed by atoms with Crippen molar-refractivity contribution in [2.45, 2.75) is 142 Å². The SMILES string of the molecule is CCCCN(/C=N/c1ncnc2c1ncn2[C@@H]1O[C@H](CO[Si](C)(C)C(C)(C)C)[C@@H](N=[N+]=[N-])[C@H]1O[Si](C)(C)C(C)(C)C)CCCC. The van der Waals surface area contributed by atoms with Crippen molar-refractivity contribution in [3.8, 4) is 0 Å². The molecule has 0 spiro atoms. The molecule has 0 aliphatic carbocycles. The van der Waals surface area contributed by atoms with E-state index in [-0.39, 0.29) is 10.1 Å². The molecule has 0 amide bonds. The van der Waals surface area contributed by atoms with E-state index in [4.69, 9.17) is 23.6 Å². The van der Waals surface area contributed by atoms with Gasteiger partial charge in [-0.25, -0.2) is 19.9 Å². The molecule has 1 fully saturated rings. The van der Waals surface area contributed by atoms with E-state index >= 15 is 0 Å². The Labute approximate surface area is 272 Å². The van der Waals surface area contributed by atoms with Crippen LogP contribution in [-0.2, 0) is 13.6 Å². The summed E-state index contributed by atoms with van der Waals surface area (Å²) in [6.45, 7) is 28.6. The number of hydrogen-bond acceptors (Lipinski definition) is 8. The fourth-order valence-corrected chi connectivity index (χ4v) is 6.94. The van der Waals surface area contributed by atoms with Crippen LogP contribution in [0.1, 0.15) is 87.3 Å². The molecule has 0 unspecified atom stereocenters. The Balaban J connectivity index is 2.04. The molecule has 252 valence electrons. The molecular weight excluding hydrogens is 603 g/mol. The van der Waals surface area contributed by atoms with E-state index in [1.807, 2.05) is 10.9 Å². The molecule has 2 aromatic heterocycles. The maximum Gasteiger partial charge on any atom is 0.192 e. The highest BCUT2D eigenvalue weighted by Crippen LogP contribution is 2.44. The van der Waals surface area contributed by atoms with Crippen molar-refractivity contribution in [2.75, 3.05) is 19.7 Å². The number of azide groups is 1. The summed E-state index contributed by atoms with van der Waals surface area (Å²) in [4.78, 5) is 24.0. The molecule has 3 heterocycles. The summed E-state index contributed by atoms with van der Waals surface area (Å²) in [5.74, 6) is 0.501. The second-order valence-corrected chi connectivity index (χ2v) is 24.7. The Morgan fingerprint density at radius 1 is 1.00 bits per heavy atom. The lowest BCUT2D eigenvalue weighted by atomic mass is 10.1. The summed E-state index contributed by atoms with van der Waals surface area (Å²) in [5, 5.41) is 4.21. The quantitative estimate of drug-likeness (QED) is 0.0468. The smallest absolute Gasteiger partial charge is 0.192 e. The molecule has 12 nitrogen and oxygen atoms in total. The minimum Gasteiger partial charge on any atom is -0.414 e. The molecule has 4 atom stereocenters. The number of unbranched alkanes of at least 4 members (excludes halogenated alkanes) is 2. The fourth-order valence-electron chi connectivity index (χ4n) is 4.64. The average molecular weight is 660 g/mol. The highest BCUT2D eigenvalue weighted by Gasteiger charge is 2.52. The zero-order chi connectivity index (χ0) is 33.6. The zero-order valence-electron chi connectivity index (χ0n) is 29.7. The minimum atomic E-state index is -2.33. The largest absolute Gasteiger partial charge is 0.414 e. The molecule has 0 saturated carbocycles. The van der Waals surface area contributed by atoms with Gasteiger partial charge in [-0.15, -0.1) is 0 Å². The summed E-state index contributed by atoms with van der Waals surface area (Å²) in [7, 11) is -4.44. The van der Waals surface area contributed by atoms with Crippen LogP contribution in [0.2, 0.25) is 36.3 Å². The van der Waals surface area contributed by atoms with Crippen LogP contribution in [0.5, 0.6) is 0 Å². The summed E-state index contributed by atoms with van der Waals surface area (Å²) < 4.78 is 22.2. The van der Waals surface area contributed by atoms with Gasteiger partial charge in [-0.3, -0.25) is 4.57 Å². The van der Waals surface area contributed by atoms with E-state index in [0.717, 1.165) is 38.8 Å². The maximum absolute atomic E-state index is 9.68. The average Bonchev–Trinajstić information content (AvgIpc) is 3.52. The van der Waals surface area contributed by atoms with Crippen molar-refractivity contribution < 1.29 is 13.6 Å². The predicted molar refractivity (Wildman–Crippen MR) is 187 cm³/mol. The molecule has 45 heavy (non-hydrogen) atoms. The summed E-state index contributed by atoms with van der Waals surface area (Å²) in [6.07, 6.45) is 7.85. The van der Waals surface area contributed by atoms with Crippen molar-refractivity contribution in [2.24, 2.45) is 10.1 Å². The van der Waals surface area contributed by atoms with E-state index in [1.165, 1.54) is 6.33 Å². The highest BCUT2D eigenvalue weighted by molar-refractivity contribution is 6.74. The molecule has 1 aliphatic rings. The first-order valence-corrected chi connectivity index (χ1v) is 22.3. The van der Waals surface area contributed by atoms with Crippen LogP contribution in [0.3, 0.4) is 0 Å². The van der Waals surface area contributed by atoms with Crippen LogP contribution in [0.4, 0.5) is 5.82 Å². The molecule has 0 N–H and O–H groups in total. The molecular formula is C31H57N9O3Si2. The second kappa shape index (κ2) is 15.0. The van der Waals surface area contributed by atoms with Crippen LogP contribution >= 0.6 is 0 Å². The standard InChI is InChI=1S/C31H57N9O3Si2/c1-13-15-17-39(18-16-14-2)21-36-27-25-28(34-20-33-27)40(22-35-25)29-26(43-45(11,12)31(6,7)8)24(37-38-32)23(42-29)19-41-44(9,10)30(3,4)5/h20-24,26,29H,13-19H2,1-12H3/b36-21+/t23-,24-,26-,29-/m1/s1. The van der Waals surface area contributed by atoms with Gasteiger partial charge in [0, 0.05) is 18.0 Å². The number of imidazole rings is 1. The molecule has 2 aromatic rings. The maximum atomic E-state index is 9.68. The highest BCUT2D eigenvalue weighted by atomic mass is 28.4. The second-order valence-electron chi connectivity index (χ2n) is 15.2. The first-order chi connectivity index (χ1) is 21.0. The van der Waals surface area contributed by atoms with E-state index in [0.29, 0.717) is 23.6 Å². The summed E-state index contributed by atoms with van der Waals surface area (Å²) in [5.41, 5.74) is 10.8. The van der Waals surface area contributed by atoms with Crippen LogP contribution in [-0.4, -0.2) is 85.3 Å². The lowest BCUT2D eigenvalue weighted by Gasteiger charge is -2.40.